The highest BCUT2D eigenvalue weighted by Gasteiger charge is 1.99. The van der Waals surface area contributed by atoms with Crippen LogP contribution in [0.3, 0.4) is 0 Å². The SMILES string of the molecule is CCc1ccc(-c2cnc(Cl)cn2)cc1. The van der Waals surface area contributed by atoms with Gasteiger partial charge in [-0.05, 0) is 12.0 Å². The maximum absolute atomic E-state index is 5.67. The van der Waals surface area contributed by atoms with Crippen molar-refractivity contribution >= 4 is 11.6 Å². The Balaban J connectivity index is 2.33. The minimum Gasteiger partial charge on any atom is -0.251 e. The molecule has 15 heavy (non-hydrogen) atoms. The van der Waals surface area contributed by atoms with Crippen LogP contribution in [0.2, 0.25) is 5.15 Å². The van der Waals surface area contributed by atoms with E-state index in [2.05, 4.69) is 41.2 Å². The first kappa shape index (κ1) is 10.1. The van der Waals surface area contributed by atoms with Crippen molar-refractivity contribution < 1.29 is 0 Å². The topological polar surface area (TPSA) is 25.8 Å². The number of rotatable bonds is 2. The molecule has 0 amide bonds. The van der Waals surface area contributed by atoms with Gasteiger partial charge in [0.25, 0.3) is 0 Å². The Morgan fingerprint density at radius 1 is 1.07 bits per heavy atom. The van der Waals surface area contributed by atoms with E-state index in [0.29, 0.717) is 5.15 Å². The van der Waals surface area contributed by atoms with E-state index in [1.165, 1.54) is 5.56 Å². The van der Waals surface area contributed by atoms with Crippen molar-refractivity contribution in [1.29, 1.82) is 0 Å². The van der Waals surface area contributed by atoms with E-state index < -0.39 is 0 Å². The fraction of sp³-hybridized carbons (Fsp3) is 0.167. The van der Waals surface area contributed by atoms with E-state index in [9.17, 15) is 0 Å². The van der Waals surface area contributed by atoms with Crippen LogP contribution in [-0.4, -0.2) is 9.97 Å². The summed E-state index contributed by atoms with van der Waals surface area (Å²) in [7, 11) is 0. The molecule has 0 saturated carbocycles. The lowest BCUT2D eigenvalue weighted by Gasteiger charge is -2.01. The quantitative estimate of drug-likeness (QED) is 0.773. The molecule has 2 aromatic rings. The van der Waals surface area contributed by atoms with Gasteiger partial charge >= 0.3 is 0 Å². The molecular weight excluding hydrogens is 208 g/mol. The van der Waals surface area contributed by atoms with Gasteiger partial charge in [0.05, 0.1) is 18.1 Å². The number of aryl methyl sites for hydroxylation is 1. The molecule has 0 saturated heterocycles. The van der Waals surface area contributed by atoms with Gasteiger partial charge in [0.15, 0.2) is 0 Å². The normalized spacial score (nSPS) is 10.3. The molecule has 76 valence electrons. The zero-order valence-corrected chi connectivity index (χ0v) is 9.20. The van der Waals surface area contributed by atoms with Gasteiger partial charge in [0, 0.05) is 5.56 Å². The summed E-state index contributed by atoms with van der Waals surface area (Å²) >= 11 is 5.67. The van der Waals surface area contributed by atoms with Crippen molar-refractivity contribution in [2.75, 3.05) is 0 Å². The van der Waals surface area contributed by atoms with Crippen LogP contribution in [0.5, 0.6) is 0 Å². The molecule has 0 bridgehead atoms. The minimum atomic E-state index is 0.420. The lowest BCUT2D eigenvalue weighted by molar-refractivity contribution is 1.14. The van der Waals surface area contributed by atoms with Crippen LogP contribution in [0.25, 0.3) is 11.3 Å². The standard InChI is InChI=1S/C12H11ClN2/c1-2-9-3-5-10(6-4-9)11-7-15-12(13)8-14-11/h3-8H,2H2,1H3. The molecule has 2 rings (SSSR count). The van der Waals surface area contributed by atoms with Crippen LogP contribution in [0.15, 0.2) is 36.7 Å². The minimum absolute atomic E-state index is 0.420. The zero-order chi connectivity index (χ0) is 10.7. The average molecular weight is 219 g/mol. The summed E-state index contributed by atoms with van der Waals surface area (Å²) in [6, 6.07) is 8.31. The van der Waals surface area contributed by atoms with Crippen molar-refractivity contribution in [3.63, 3.8) is 0 Å². The fourth-order valence-corrected chi connectivity index (χ4v) is 1.47. The highest BCUT2D eigenvalue weighted by Crippen LogP contribution is 2.17. The largest absolute Gasteiger partial charge is 0.251 e. The molecule has 0 aliphatic rings. The third kappa shape index (κ3) is 2.34. The number of benzene rings is 1. The Hall–Kier alpha value is -1.41. The Labute approximate surface area is 94.0 Å². The van der Waals surface area contributed by atoms with E-state index in [1.807, 2.05) is 0 Å². The van der Waals surface area contributed by atoms with Crippen LogP contribution in [0, 0.1) is 0 Å². The Kier molecular flexibility index (Phi) is 2.97. The highest BCUT2D eigenvalue weighted by molar-refractivity contribution is 6.29. The van der Waals surface area contributed by atoms with Crippen molar-refractivity contribution in [3.8, 4) is 11.3 Å². The summed E-state index contributed by atoms with van der Waals surface area (Å²) < 4.78 is 0. The molecule has 0 radical (unpaired) electrons. The van der Waals surface area contributed by atoms with Gasteiger partial charge in [0.2, 0.25) is 0 Å². The second-order valence-corrected chi connectivity index (χ2v) is 3.66. The lowest BCUT2D eigenvalue weighted by Crippen LogP contribution is -1.86. The third-order valence-corrected chi connectivity index (χ3v) is 2.47. The van der Waals surface area contributed by atoms with E-state index in [1.54, 1.807) is 12.4 Å². The first-order valence-corrected chi connectivity index (χ1v) is 5.24. The monoisotopic (exact) mass is 218 g/mol. The second kappa shape index (κ2) is 4.41. The van der Waals surface area contributed by atoms with Crippen LogP contribution in [0.4, 0.5) is 0 Å². The maximum atomic E-state index is 5.67. The predicted molar refractivity (Wildman–Crippen MR) is 61.9 cm³/mol. The van der Waals surface area contributed by atoms with Crippen molar-refractivity contribution in [2.45, 2.75) is 13.3 Å². The van der Waals surface area contributed by atoms with Gasteiger partial charge in [-0.15, -0.1) is 0 Å². The molecule has 1 aromatic heterocycles. The van der Waals surface area contributed by atoms with Gasteiger partial charge in [-0.1, -0.05) is 42.8 Å². The molecule has 0 spiro atoms. The molecule has 0 atom stereocenters. The number of halogens is 1. The molecule has 1 aromatic carbocycles. The Bertz CT molecular complexity index is 434. The summed E-state index contributed by atoms with van der Waals surface area (Å²) in [5.74, 6) is 0. The smallest absolute Gasteiger partial charge is 0.147 e. The molecular formula is C12H11ClN2. The number of hydrogen-bond acceptors (Lipinski definition) is 2. The van der Waals surface area contributed by atoms with E-state index >= 15 is 0 Å². The molecule has 3 heteroatoms. The Morgan fingerprint density at radius 2 is 1.80 bits per heavy atom. The number of hydrogen-bond donors (Lipinski definition) is 0. The van der Waals surface area contributed by atoms with Gasteiger partial charge in [-0.3, -0.25) is 4.98 Å². The molecule has 0 N–H and O–H groups in total. The van der Waals surface area contributed by atoms with Gasteiger partial charge in [-0.2, -0.15) is 0 Å². The summed E-state index contributed by atoms with van der Waals surface area (Å²) in [6.07, 6.45) is 4.29. The second-order valence-electron chi connectivity index (χ2n) is 3.27. The zero-order valence-electron chi connectivity index (χ0n) is 8.44. The van der Waals surface area contributed by atoms with Crippen LogP contribution >= 0.6 is 11.6 Å². The summed E-state index contributed by atoms with van der Waals surface area (Å²) in [6.45, 7) is 2.14. The lowest BCUT2D eigenvalue weighted by atomic mass is 10.1. The molecule has 0 aliphatic heterocycles. The predicted octanol–water partition coefficient (Wildman–Crippen LogP) is 3.36. The van der Waals surface area contributed by atoms with Crippen LogP contribution in [0.1, 0.15) is 12.5 Å². The molecule has 0 unspecified atom stereocenters. The first-order valence-electron chi connectivity index (χ1n) is 4.86. The van der Waals surface area contributed by atoms with Crippen molar-refractivity contribution in [2.24, 2.45) is 0 Å². The van der Waals surface area contributed by atoms with Gasteiger partial charge in [0.1, 0.15) is 5.15 Å². The molecule has 0 fully saturated rings. The van der Waals surface area contributed by atoms with Crippen LogP contribution in [-0.2, 0) is 6.42 Å². The molecule has 2 nitrogen and oxygen atoms in total. The maximum Gasteiger partial charge on any atom is 0.147 e. The number of nitrogens with zero attached hydrogens (tertiary/aromatic N) is 2. The average Bonchev–Trinajstić information content (AvgIpc) is 2.30. The highest BCUT2D eigenvalue weighted by atomic mass is 35.5. The van der Waals surface area contributed by atoms with Crippen molar-refractivity contribution in [1.82, 2.24) is 9.97 Å². The first-order chi connectivity index (χ1) is 7.29. The third-order valence-electron chi connectivity index (χ3n) is 2.28. The number of aromatic nitrogens is 2. The van der Waals surface area contributed by atoms with Crippen molar-refractivity contribution in [3.05, 3.63) is 47.4 Å². The molecule has 1 heterocycles. The molecule has 0 aliphatic carbocycles. The summed E-state index contributed by atoms with van der Waals surface area (Å²) in [4.78, 5) is 8.21. The van der Waals surface area contributed by atoms with Gasteiger partial charge < -0.3 is 0 Å². The van der Waals surface area contributed by atoms with E-state index in [4.69, 9.17) is 11.6 Å². The summed E-state index contributed by atoms with van der Waals surface area (Å²) in [5.41, 5.74) is 3.24. The van der Waals surface area contributed by atoms with E-state index in [0.717, 1.165) is 17.7 Å². The van der Waals surface area contributed by atoms with E-state index in [-0.39, 0.29) is 0 Å². The Morgan fingerprint density at radius 3 is 2.33 bits per heavy atom. The fourth-order valence-electron chi connectivity index (χ4n) is 1.37. The van der Waals surface area contributed by atoms with Gasteiger partial charge in [-0.25, -0.2) is 4.98 Å². The summed E-state index contributed by atoms with van der Waals surface area (Å²) in [5, 5.41) is 0.420. The van der Waals surface area contributed by atoms with Crippen LogP contribution < -0.4 is 0 Å².